The highest BCUT2D eigenvalue weighted by molar-refractivity contribution is 7.10. The molecule has 1 atom stereocenters. The summed E-state index contributed by atoms with van der Waals surface area (Å²) in [4.78, 5) is 4.46. The van der Waals surface area contributed by atoms with Gasteiger partial charge >= 0.3 is 0 Å². The minimum atomic E-state index is -0.534. The van der Waals surface area contributed by atoms with Gasteiger partial charge in [-0.25, -0.2) is 4.98 Å². The molecule has 0 amide bonds. The van der Waals surface area contributed by atoms with Gasteiger partial charge in [0.05, 0.1) is 0 Å². The third-order valence-corrected chi connectivity index (χ3v) is 4.18. The average Bonchev–Trinajstić information content (AvgIpc) is 3.02. The largest absolute Gasteiger partial charge is 0.454 e. The summed E-state index contributed by atoms with van der Waals surface area (Å²) >= 11 is 1.46. The normalized spacial score (nSPS) is 13.0. The number of rotatable bonds is 3. The third-order valence-electron chi connectivity index (χ3n) is 3.16. The topological polar surface area (TPSA) is 46.3 Å². The molecule has 0 aliphatic rings. The first-order valence-electron chi connectivity index (χ1n) is 6.35. The molecule has 0 aliphatic carbocycles. The molecule has 0 fully saturated rings. The lowest BCUT2D eigenvalue weighted by Crippen LogP contribution is -1.89. The van der Waals surface area contributed by atoms with Crippen molar-refractivity contribution in [2.45, 2.75) is 26.4 Å². The molecular formula is C15H15NO2S. The molecule has 0 spiro atoms. The second-order valence-electron chi connectivity index (χ2n) is 4.51. The first-order valence-corrected chi connectivity index (χ1v) is 7.23. The molecule has 0 saturated heterocycles. The van der Waals surface area contributed by atoms with Gasteiger partial charge < -0.3 is 9.52 Å². The number of aliphatic hydroxyl groups excluding tert-OH is 1. The average molecular weight is 273 g/mol. The van der Waals surface area contributed by atoms with Gasteiger partial charge in [-0.3, -0.25) is 0 Å². The second kappa shape index (κ2) is 4.79. The van der Waals surface area contributed by atoms with Gasteiger partial charge in [-0.2, -0.15) is 0 Å². The summed E-state index contributed by atoms with van der Waals surface area (Å²) in [6.07, 6.45) is 0.363. The van der Waals surface area contributed by atoms with Crippen LogP contribution in [-0.2, 0) is 6.42 Å². The lowest BCUT2D eigenvalue weighted by molar-refractivity contribution is 0.199. The molecule has 3 nitrogen and oxygen atoms in total. The number of furan rings is 1. The minimum absolute atomic E-state index is 0.534. The van der Waals surface area contributed by atoms with Crippen LogP contribution >= 0.6 is 11.3 Å². The molecule has 1 N–H and O–H groups in total. The molecule has 3 aromatic rings. The summed E-state index contributed by atoms with van der Waals surface area (Å²) < 4.78 is 5.93. The number of fused-ring (bicyclic) bond motifs is 1. The highest BCUT2D eigenvalue weighted by Gasteiger charge is 2.17. The van der Waals surface area contributed by atoms with Gasteiger partial charge in [-0.1, -0.05) is 25.1 Å². The Morgan fingerprint density at radius 2 is 2.16 bits per heavy atom. The molecule has 0 radical (unpaired) electrons. The molecule has 0 saturated carbocycles. The summed E-state index contributed by atoms with van der Waals surface area (Å²) in [6.45, 7) is 3.84. The standard InChI is InChI=1S/C15H15NO2S/c1-3-10-11-6-4-5-7-13(11)18-14(10)12-8-19-15(16-12)9(2)17/h4-9,17H,3H2,1-2H3. The van der Waals surface area contributed by atoms with E-state index in [1.165, 1.54) is 16.9 Å². The SMILES string of the molecule is CCc1c(-c2csc(C(C)O)n2)oc2ccccc12. The molecule has 2 aromatic heterocycles. The molecule has 1 unspecified atom stereocenters. The summed E-state index contributed by atoms with van der Waals surface area (Å²) in [5, 5.41) is 13.4. The van der Waals surface area contributed by atoms with Crippen LogP contribution in [0.3, 0.4) is 0 Å². The predicted molar refractivity (Wildman–Crippen MR) is 77.3 cm³/mol. The molecule has 0 aliphatic heterocycles. The van der Waals surface area contributed by atoms with E-state index in [-0.39, 0.29) is 0 Å². The number of para-hydroxylation sites is 1. The zero-order valence-corrected chi connectivity index (χ0v) is 11.7. The van der Waals surface area contributed by atoms with Crippen LogP contribution in [0, 0.1) is 0 Å². The molecule has 98 valence electrons. The summed E-state index contributed by atoms with van der Waals surface area (Å²) in [5.41, 5.74) is 2.88. The smallest absolute Gasteiger partial charge is 0.157 e. The van der Waals surface area contributed by atoms with E-state index in [9.17, 15) is 5.11 Å². The fraction of sp³-hybridized carbons (Fsp3) is 0.267. The molecule has 4 heteroatoms. The Morgan fingerprint density at radius 3 is 2.84 bits per heavy atom. The van der Waals surface area contributed by atoms with Crippen molar-refractivity contribution in [1.29, 1.82) is 0 Å². The van der Waals surface area contributed by atoms with Crippen LogP contribution in [0.1, 0.15) is 30.5 Å². The van der Waals surface area contributed by atoms with E-state index in [1.807, 2.05) is 23.6 Å². The van der Waals surface area contributed by atoms with E-state index in [0.717, 1.165) is 33.9 Å². The van der Waals surface area contributed by atoms with Gasteiger partial charge in [0.2, 0.25) is 0 Å². The van der Waals surface area contributed by atoms with Crippen LogP contribution in [0.2, 0.25) is 0 Å². The van der Waals surface area contributed by atoms with E-state index in [1.54, 1.807) is 6.92 Å². The van der Waals surface area contributed by atoms with E-state index in [2.05, 4.69) is 18.0 Å². The van der Waals surface area contributed by atoms with Crippen LogP contribution in [0.5, 0.6) is 0 Å². The van der Waals surface area contributed by atoms with Crippen molar-refractivity contribution in [1.82, 2.24) is 4.98 Å². The molecule has 0 bridgehead atoms. The summed E-state index contributed by atoms with van der Waals surface area (Å²) in [7, 11) is 0. The van der Waals surface area contributed by atoms with E-state index >= 15 is 0 Å². The Hall–Kier alpha value is -1.65. The highest BCUT2D eigenvalue weighted by Crippen LogP contribution is 2.35. The van der Waals surface area contributed by atoms with Crippen molar-refractivity contribution in [2.24, 2.45) is 0 Å². The Bertz CT molecular complexity index is 712. The number of nitrogens with zero attached hydrogens (tertiary/aromatic N) is 1. The fourth-order valence-electron chi connectivity index (χ4n) is 2.24. The first kappa shape index (κ1) is 12.4. The molecule has 1 aromatic carbocycles. The molecule has 19 heavy (non-hydrogen) atoms. The van der Waals surface area contributed by atoms with E-state index < -0.39 is 6.10 Å². The van der Waals surface area contributed by atoms with Gasteiger partial charge in [0.15, 0.2) is 5.76 Å². The van der Waals surface area contributed by atoms with Crippen LogP contribution in [0.25, 0.3) is 22.4 Å². The van der Waals surface area contributed by atoms with Gasteiger partial charge in [-0.15, -0.1) is 11.3 Å². The maximum atomic E-state index is 9.57. The first-order chi connectivity index (χ1) is 9.20. The van der Waals surface area contributed by atoms with Crippen LogP contribution in [0.4, 0.5) is 0 Å². The minimum Gasteiger partial charge on any atom is -0.454 e. The van der Waals surface area contributed by atoms with Crippen LogP contribution in [0.15, 0.2) is 34.1 Å². The predicted octanol–water partition coefficient (Wildman–Crippen LogP) is 4.17. The monoisotopic (exact) mass is 273 g/mol. The quantitative estimate of drug-likeness (QED) is 0.779. The maximum absolute atomic E-state index is 9.57. The summed E-state index contributed by atoms with van der Waals surface area (Å²) in [6, 6.07) is 8.03. The van der Waals surface area contributed by atoms with E-state index in [4.69, 9.17) is 4.42 Å². The summed E-state index contributed by atoms with van der Waals surface area (Å²) in [5.74, 6) is 0.826. The van der Waals surface area contributed by atoms with Gasteiger partial charge in [-0.05, 0) is 19.4 Å². The highest BCUT2D eigenvalue weighted by atomic mass is 32.1. The lowest BCUT2D eigenvalue weighted by Gasteiger charge is -1.97. The Morgan fingerprint density at radius 1 is 1.37 bits per heavy atom. The second-order valence-corrected chi connectivity index (χ2v) is 5.40. The number of aromatic nitrogens is 1. The zero-order valence-electron chi connectivity index (χ0n) is 10.9. The van der Waals surface area contributed by atoms with Crippen LogP contribution < -0.4 is 0 Å². The van der Waals surface area contributed by atoms with Crippen molar-refractivity contribution in [2.75, 3.05) is 0 Å². The molecule has 2 heterocycles. The number of hydrogen-bond donors (Lipinski definition) is 1. The number of aryl methyl sites for hydroxylation is 1. The van der Waals surface area contributed by atoms with Crippen molar-refractivity contribution >= 4 is 22.3 Å². The van der Waals surface area contributed by atoms with Crippen molar-refractivity contribution in [3.63, 3.8) is 0 Å². The Kier molecular flexibility index (Phi) is 3.12. The van der Waals surface area contributed by atoms with Crippen molar-refractivity contribution in [3.05, 3.63) is 40.2 Å². The van der Waals surface area contributed by atoms with Gasteiger partial charge in [0.1, 0.15) is 22.4 Å². The molecule has 3 rings (SSSR count). The Labute approximate surface area is 115 Å². The molecular weight excluding hydrogens is 258 g/mol. The van der Waals surface area contributed by atoms with Crippen LogP contribution in [-0.4, -0.2) is 10.1 Å². The number of benzene rings is 1. The van der Waals surface area contributed by atoms with Crippen molar-refractivity contribution < 1.29 is 9.52 Å². The Balaban J connectivity index is 2.18. The fourth-order valence-corrected chi connectivity index (χ4v) is 2.98. The third kappa shape index (κ3) is 2.07. The number of hydrogen-bond acceptors (Lipinski definition) is 4. The number of thiazole rings is 1. The lowest BCUT2D eigenvalue weighted by atomic mass is 10.1. The number of aliphatic hydroxyl groups is 1. The van der Waals surface area contributed by atoms with Crippen molar-refractivity contribution in [3.8, 4) is 11.5 Å². The van der Waals surface area contributed by atoms with E-state index in [0.29, 0.717) is 0 Å². The van der Waals surface area contributed by atoms with Gasteiger partial charge in [0, 0.05) is 16.3 Å². The van der Waals surface area contributed by atoms with Gasteiger partial charge in [0.25, 0.3) is 0 Å². The zero-order chi connectivity index (χ0) is 13.4. The maximum Gasteiger partial charge on any atom is 0.157 e.